The minimum atomic E-state index is -0.229. The van der Waals surface area contributed by atoms with Crippen molar-refractivity contribution in [3.05, 3.63) is 59.1 Å². The molecule has 0 spiro atoms. The second kappa shape index (κ2) is 9.02. The molecule has 2 aromatic carbocycles. The maximum atomic E-state index is 12.2. The first-order chi connectivity index (χ1) is 12.6. The molecule has 0 aromatic heterocycles. The van der Waals surface area contributed by atoms with Gasteiger partial charge in [-0.1, -0.05) is 56.6 Å². The number of amides is 2. The van der Waals surface area contributed by atoms with Gasteiger partial charge < -0.3 is 10.6 Å². The highest BCUT2D eigenvalue weighted by atomic mass is 35.5. The first-order valence-electron chi connectivity index (χ1n) is 8.78. The quantitative estimate of drug-likeness (QED) is 0.782. The van der Waals surface area contributed by atoms with Crippen LogP contribution in [0.5, 0.6) is 0 Å². The van der Waals surface area contributed by atoms with Crippen LogP contribution in [0, 0.1) is 0 Å². The van der Waals surface area contributed by atoms with Crippen molar-refractivity contribution in [3.63, 3.8) is 0 Å². The Hall–Kier alpha value is -2.37. The minimum absolute atomic E-state index is 0.0672. The Kier molecular flexibility index (Phi) is 6.99. The molecule has 2 N–H and O–H groups in total. The molecule has 5 nitrogen and oxygen atoms in total. The molecule has 144 valence electrons. The molecule has 0 aliphatic heterocycles. The molecule has 0 aliphatic rings. The lowest BCUT2D eigenvalue weighted by atomic mass is 9.87. The molecule has 2 aromatic rings. The number of anilines is 2. The van der Waals surface area contributed by atoms with E-state index in [1.165, 1.54) is 5.56 Å². The van der Waals surface area contributed by atoms with Crippen LogP contribution in [0.1, 0.15) is 26.3 Å². The van der Waals surface area contributed by atoms with Crippen molar-refractivity contribution in [2.45, 2.75) is 26.2 Å². The second-order valence-electron chi connectivity index (χ2n) is 7.58. The Labute approximate surface area is 165 Å². The number of carbonyl (C=O) groups is 2. The molecule has 0 atom stereocenters. The Bertz CT molecular complexity index is 798. The lowest BCUT2D eigenvalue weighted by Crippen LogP contribution is -2.36. The van der Waals surface area contributed by atoms with Crippen LogP contribution in [0.2, 0.25) is 5.02 Å². The molecular formula is C21H26ClN3O2. The number of nitrogens with one attached hydrogen (secondary N) is 2. The van der Waals surface area contributed by atoms with Crippen molar-refractivity contribution in [2.24, 2.45) is 0 Å². The molecule has 2 amide bonds. The summed E-state index contributed by atoms with van der Waals surface area (Å²) in [6.45, 7) is 6.62. The maximum Gasteiger partial charge on any atom is 0.238 e. The van der Waals surface area contributed by atoms with E-state index in [0.717, 1.165) is 5.69 Å². The predicted molar refractivity (Wildman–Crippen MR) is 111 cm³/mol. The number of hydrogen-bond donors (Lipinski definition) is 2. The van der Waals surface area contributed by atoms with E-state index >= 15 is 0 Å². The van der Waals surface area contributed by atoms with Crippen LogP contribution in [-0.4, -0.2) is 36.9 Å². The van der Waals surface area contributed by atoms with E-state index < -0.39 is 0 Å². The van der Waals surface area contributed by atoms with Gasteiger partial charge in [0.05, 0.1) is 23.8 Å². The fourth-order valence-corrected chi connectivity index (χ4v) is 2.74. The van der Waals surface area contributed by atoms with E-state index in [0.29, 0.717) is 10.7 Å². The van der Waals surface area contributed by atoms with Gasteiger partial charge >= 0.3 is 0 Å². The van der Waals surface area contributed by atoms with Crippen LogP contribution < -0.4 is 10.6 Å². The van der Waals surface area contributed by atoms with Crippen LogP contribution in [0.25, 0.3) is 0 Å². The highest BCUT2D eigenvalue weighted by Gasteiger charge is 2.14. The number of para-hydroxylation sites is 1. The third-order valence-electron chi connectivity index (χ3n) is 4.01. The van der Waals surface area contributed by atoms with E-state index in [4.69, 9.17) is 11.6 Å². The van der Waals surface area contributed by atoms with Gasteiger partial charge in [0.1, 0.15) is 0 Å². The average molecular weight is 388 g/mol. The third kappa shape index (κ3) is 6.70. The summed E-state index contributed by atoms with van der Waals surface area (Å²) in [5.74, 6) is -0.403. The molecule has 0 unspecified atom stereocenters. The van der Waals surface area contributed by atoms with Gasteiger partial charge in [0.2, 0.25) is 11.8 Å². The molecule has 0 aliphatic carbocycles. The Balaban J connectivity index is 1.83. The number of likely N-dealkylation sites (N-methyl/N-ethyl adjacent to an activating group) is 1. The zero-order valence-electron chi connectivity index (χ0n) is 16.2. The lowest BCUT2D eigenvalue weighted by molar-refractivity contribution is -0.119. The number of rotatable bonds is 6. The fourth-order valence-electron chi connectivity index (χ4n) is 2.55. The van der Waals surface area contributed by atoms with Crippen LogP contribution in [0.15, 0.2) is 48.5 Å². The largest absolute Gasteiger partial charge is 0.325 e. The van der Waals surface area contributed by atoms with Crippen LogP contribution in [0.4, 0.5) is 11.4 Å². The molecule has 6 heteroatoms. The molecule has 0 heterocycles. The van der Waals surface area contributed by atoms with Gasteiger partial charge in [-0.05, 0) is 42.3 Å². The van der Waals surface area contributed by atoms with E-state index in [1.807, 2.05) is 24.3 Å². The Morgan fingerprint density at radius 2 is 1.48 bits per heavy atom. The van der Waals surface area contributed by atoms with Gasteiger partial charge in [0.25, 0.3) is 0 Å². The Morgan fingerprint density at radius 3 is 2.04 bits per heavy atom. The number of carbonyl (C=O) groups excluding carboxylic acids is 2. The normalized spacial score (nSPS) is 11.3. The average Bonchev–Trinajstić information content (AvgIpc) is 2.56. The van der Waals surface area contributed by atoms with Gasteiger partial charge in [0, 0.05) is 5.69 Å². The van der Waals surface area contributed by atoms with Crippen molar-refractivity contribution in [3.8, 4) is 0 Å². The van der Waals surface area contributed by atoms with Crippen LogP contribution in [-0.2, 0) is 15.0 Å². The number of benzene rings is 2. The number of hydrogen-bond acceptors (Lipinski definition) is 3. The summed E-state index contributed by atoms with van der Waals surface area (Å²) in [4.78, 5) is 25.9. The van der Waals surface area contributed by atoms with Crippen molar-refractivity contribution in [1.29, 1.82) is 0 Å². The molecule has 0 bridgehead atoms. The number of halogens is 1. The summed E-state index contributed by atoms with van der Waals surface area (Å²) in [6.07, 6.45) is 0. The smallest absolute Gasteiger partial charge is 0.238 e. The molecular weight excluding hydrogens is 362 g/mol. The minimum Gasteiger partial charge on any atom is -0.325 e. The Morgan fingerprint density at radius 1 is 0.926 bits per heavy atom. The standard InChI is InChI=1S/C21H26ClN3O2/c1-21(2,3)15-9-11-16(12-10-15)23-19(26)13-25(4)14-20(27)24-18-8-6-5-7-17(18)22/h5-12H,13-14H2,1-4H3,(H,23,26)(H,24,27). The third-order valence-corrected chi connectivity index (χ3v) is 4.34. The summed E-state index contributed by atoms with van der Waals surface area (Å²) < 4.78 is 0. The monoisotopic (exact) mass is 387 g/mol. The first-order valence-corrected chi connectivity index (χ1v) is 9.16. The summed E-state index contributed by atoms with van der Waals surface area (Å²) in [6, 6.07) is 14.8. The van der Waals surface area contributed by atoms with E-state index in [-0.39, 0.29) is 30.3 Å². The predicted octanol–water partition coefficient (Wildman–Crippen LogP) is 4.15. The van der Waals surface area contributed by atoms with Gasteiger partial charge in [-0.2, -0.15) is 0 Å². The molecule has 27 heavy (non-hydrogen) atoms. The van der Waals surface area contributed by atoms with E-state index in [9.17, 15) is 9.59 Å². The molecule has 0 radical (unpaired) electrons. The summed E-state index contributed by atoms with van der Waals surface area (Å²) >= 11 is 6.03. The van der Waals surface area contributed by atoms with Gasteiger partial charge in [0.15, 0.2) is 0 Å². The molecule has 0 saturated heterocycles. The van der Waals surface area contributed by atoms with Crippen LogP contribution >= 0.6 is 11.6 Å². The van der Waals surface area contributed by atoms with Crippen molar-refractivity contribution >= 4 is 34.8 Å². The van der Waals surface area contributed by atoms with Gasteiger partial charge in [-0.15, -0.1) is 0 Å². The summed E-state index contributed by atoms with van der Waals surface area (Å²) in [5, 5.41) is 6.07. The van der Waals surface area contributed by atoms with Gasteiger partial charge in [-0.3, -0.25) is 14.5 Å². The molecule has 0 saturated carbocycles. The fraction of sp³-hybridized carbons (Fsp3) is 0.333. The maximum absolute atomic E-state index is 12.2. The first kappa shape index (κ1) is 20.9. The SMILES string of the molecule is CN(CC(=O)Nc1ccc(C(C)(C)C)cc1)CC(=O)Nc1ccccc1Cl. The van der Waals surface area contributed by atoms with Crippen molar-refractivity contribution in [1.82, 2.24) is 4.90 Å². The zero-order valence-corrected chi connectivity index (χ0v) is 16.9. The number of nitrogens with zero attached hydrogens (tertiary/aromatic N) is 1. The summed E-state index contributed by atoms with van der Waals surface area (Å²) in [7, 11) is 1.72. The van der Waals surface area contributed by atoms with Crippen molar-refractivity contribution < 1.29 is 9.59 Å². The highest BCUT2D eigenvalue weighted by Crippen LogP contribution is 2.23. The lowest BCUT2D eigenvalue weighted by Gasteiger charge is -2.19. The highest BCUT2D eigenvalue weighted by molar-refractivity contribution is 6.33. The molecule has 2 rings (SSSR count). The molecule has 0 fully saturated rings. The summed E-state index contributed by atoms with van der Waals surface area (Å²) in [5.41, 5.74) is 2.56. The van der Waals surface area contributed by atoms with E-state index in [2.05, 4.69) is 31.4 Å². The van der Waals surface area contributed by atoms with Crippen LogP contribution in [0.3, 0.4) is 0 Å². The topological polar surface area (TPSA) is 61.4 Å². The van der Waals surface area contributed by atoms with Gasteiger partial charge in [-0.25, -0.2) is 0 Å². The van der Waals surface area contributed by atoms with E-state index in [1.54, 1.807) is 36.2 Å². The second-order valence-corrected chi connectivity index (χ2v) is 7.98. The zero-order chi connectivity index (χ0) is 20.0. The van der Waals surface area contributed by atoms with Crippen molar-refractivity contribution in [2.75, 3.05) is 30.8 Å².